The second-order valence-electron chi connectivity index (χ2n) is 4.29. The first kappa shape index (κ1) is 22.5. The maximum Gasteiger partial charge on any atom is 1.00 e. The molecule has 0 aromatic rings. The van der Waals surface area contributed by atoms with Gasteiger partial charge in [-0.3, -0.25) is 0 Å². The Morgan fingerprint density at radius 1 is 0.750 bits per heavy atom. The molecule has 0 aromatic carbocycles. The molecule has 0 fully saturated rings. The van der Waals surface area contributed by atoms with Crippen molar-refractivity contribution in [2.45, 2.75) is 59.3 Å². The van der Waals surface area contributed by atoms with Crippen LogP contribution in [0.4, 0.5) is 0 Å². The molecule has 0 heterocycles. The molecule has 0 aliphatic heterocycles. The third-order valence-corrected chi connectivity index (χ3v) is 6.15. The van der Waals surface area contributed by atoms with E-state index < -0.39 is 7.14 Å². The van der Waals surface area contributed by atoms with E-state index in [1.54, 1.807) is 0 Å². The molecule has 0 saturated carbocycles. The van der Waals surface area contributed by atoms with Gasteiger partial charge in [0, 0.05) is 18.5 Å². The van der Waals surface area contributed by atoms with Gasteiger partial charge in [0.2, 0.25) is 0 Å². The molecule has 0 spiro atoms. The van der Waals surface area contributed by atoms with Crippen LogP contribution in [0.5, 0.6) is 0 Å². The maximum absolute atomic E-state index is 12.5. The van der Waals surface area contributed by atoms with Crippen molar-refractivity contribution in [3.8, 4) is 0 Å². The Morgan fingerprint density at radius 2 is 1.00 bits per heavy atom. The summed E-state index contributed by atoms with van der Waals surface area (Å²) in [6, 6.07) is 0. The van der Waals surface area contributed by atoms with Crippen molar-refractivity contribution < 1.29 is 34.1 Å². The molecule has 4 heteroatoms. The quantitative estimate of drug-likeness (QED) is 0.428. The van der Waals surface area contributed by atoms with E-state index in [1.165, 1.54) is 19.3 Å². The number of rotatable bonds is 9. The molecule has 0 amide bonds. The van der Waals surface area contributed by atoms with Crippen LogP contribution in [0.1, 0.15) is 59.3 Å². The molecule has 0 aliphatic carbocycles. The maximum atomic E-state index is 12.5. The molecule has 0 rings (SSSR count). The second-order valence-corrected chi connectivity index (χ2v) is 7.75. The standard InChI is InChI=1S/C12H27OP.BH4.Na/c1-4-7-10-14(13,11-8-5-2)12-9-6-3;;/h4-12H2,1-3H3;1H4;/q;-1;+1. The van der Waals surface area contributed by atoms with Gasteiger partial charge in [0.1, 0.15) is 0 Å². The van der Waals surface area contributed by atoms with E-state index in [-0.39, 0.29) is 38.0 Å². The number of hydrogen-bond acceptors (Lipinski definition) is 1. The van der Waals surface area contributed by atoms with Crippen molar-refractivity contribution in [2.75, 3.05) is 18.5 Å². The molecule has 0 saturated heterocycles. The zero-order chi connectivity index (χ0) is 10.9. The van der Waals surface area contributed by atoms with E-state index in [2.05, 4.69) is 20.8 Å². The van der Waals surface area contributed by atoms with Gasteiger partial charge in [0.05, 0.1) is 7.14 Å². The van der Waals surface area contributed by atoms with Gasteiger partial charge >= 0.3 is 29.6 Å². The van der Waals surface area contributed by atoms with Crippen LogP contribution in [0.3, 0.4) is 0 Å². The molecule has 1 nitrogen and oxygen atoms in total. The number of hydrogen-bond donors (Lipinski definition) is 0. The fourth-order valence-corrected chi connectivity index (χ4v) is 5.02. The first-order chi connectivity index (χ1) is 6.68. The zero-order valence-corrected chi connectivity index (χ0v) is 14.1. The fourth-order valence-electron chi connectivity index (χ4n) is 1.67. The monoisotopic (exact) mass is 256 g/mol. The summed E-state index contributed by atoms with van der Waals surface area (Å²) in [6.07, 6.45) is 10.0. The Bertz CT molecular complexity index is 148. The summed E-state index contributed by atoms with van der Waals surface area (Å²) in [4.78, 5) is 0. The van der Waals surface area contributed by atoms with Gasteiger partial charge in [-0.1, -0.05) is 48.4 Å². The van der Waals surface area contributed by atoms with Gasteiger partial charge in [-0.25, -0.2) is 0 Å². The van der Waals surface area contributed by atoms with Crippen LogP contribution in [-0.2, 0) is 4.57 Å². The van der Waals surface area contributed by atoms with Crippen LogP contribution >= 0.6 is 7.14 Å². The van der Waals surface area contributed by atoms with Crippen molar-refractivity contribution in [3.05, 3.63) is 0 Å². The second kappa shape index (κ2) is 14.4. The largest absolute Gasteiger partial charge is 1.00 e. The van der Waals surface area contributed by atoms with Crippen LogP contribution in [0.25, 0.3) is 0 Å². The number of unbranched alkanes of at least 4 members (excludes halogenated alkanes) is 3. The topological polar surface area (TPSA) is 17.1 Å². The minimum absolute atomic E-state index is 0. The molecule has 94 valence electrons. The van der Waals surface area contributed by atoms with Crippen LogP contribution < -0.4 is 29.6 Å². The van der Waals surface area contributed by atoms with Crippen LogP contribution in [-0.4, -0.2) is 26.9 Å². The summed E-state index contributed by atoms with van der Waals surface area (Å²) in [6.45, 7) is 6.55. The van der Waals surface area contributed by atoms with Crippen LogP contribution in [0.2, 0.25) is 0 Å². The predicted octanol–water partition coefficient (Wildman–Crippen LogP) is 0.302. The average molecular weight is 256 g/mol. The van der Waals surface area contributed by atoms with Gasteiger partial charge in [-0.05, 0) is 19.3 Å². The molecule has 0 radical (unpaired) electrons. The SMILES string of the molecule is CCCCP(=O)(CCCC)CCCC.[BH4-].[Na+]. The van der Waals surface area contributed by atoms with E-state index in [0.29, 0.717) is 0 Å². The van der Waals surface area contributed by atoms with Crippen LogP contribution in [0, 0.1) is 0 Å². The molecule has 0 unspecified atom stereocenters. The summed E-state index contributed by atoms with van der Waals surface area (Å²) in [7, 11) is -1.77. The van der Waals surface area contributed by atoms with Gasteiger partial charge in [0.15, 0.2) is 0 Å². The molecule has 16 heavy (non-hydrogen) atoms. The minimum atomic E-state index is -1.77. The molecule has 0 bridgehead atoms. The molecular weight excluding hydrogens is 225 g/mol. The van der Waals surface area contributed by atoms with E-state index >= 15 is 0 Å². The van der Waals surface area contributed by atoms with Crippen molar-refractivity contribution in [3.63, 3.8) is 0 Å². The summed E-state index contributed by atoms with van der Waals surface area (Å²) in [5, 5.41) is 0. The Labute approximate surface area is 127 Å². The molecule has 0 atom stereocenters. The summed E-state index contributed by atoms with van der Waals surface area (Å²) < 4.78 is 12.5. The van der Waals surface area contributed by atoms with Gasteiger partial charge < -0.3 is 4.57 Å². The summed E-state index contributed by atoms with van der Waals surface area (Å²) >= 11 is 0. The molecule has 0 aromatic heterocycles. The third-order valence-electron chi connectivity index (χ3n) is 2.76. The van der Waals surface area contributed by atoms with E-state index in [9.17, 15) is 4.57 Å². The van der Waals surface area contributed by atoms with Crippen molar-refractivity contribution >= 4 is 15.6 Å². The molecule has 0 N–H and O–H groups in total. The summed E-state index contributed by atoms with van der Waals surface area (Å²) in [5.74, 6) is 0. The van der Waals surface area contributed by atoms with E-state index in [4.69, 9.17) is 0 Å². The minimum Gasteiger partial charge on any atom is -0.324 e. The first-order valence-electron chi connectivity index (χ1n) is 6.25. The van der Waals surface area contributed by atoms with Crippen molar-refractivity contribution in [1.82, 2.24) is 0 Å². The average Bonchev–Trinajstić information content (AvgIpc) is 2.21. The first-order valence-corrected chi connectivity index (χ1v) is 8.52. The molecular formula is C12H31BNaOP. The normalized spacial score (nSPS) is 10.4. The van der Waals surface area contributed by atoms with E-state index in [0.717, 1.165) is 37.7 Å². The van der Waals surface area contributed by atoms with Gasteiger partial charge in [0.25, 0.3) is 0 Å². The fraction of sp³-hybridized carbons (Fsp3) is 1.00. The molecule has 0 aliphatic rings. The Hall–Kier alpha value is 1.29. The Kier molecular flexibility index (Phi) is 20.2. The van der Waals surface area contributed by atoms with Crippen LogP contribution in [0.15, 0.2) is 0 Å². The Balaban J connectivity index is -0.000000845. The van der Waals surface area contributed by atoms with Gasteiger partial charge in [-0.15, -0.1) is 0 Å². The summed E-state index contributed by atoms with van der Waals surface area (Å²) in [5.41, 5.74) is 0. The Morgan fingerprint density at radius 3 is 1.19 bits per heavy atom. The van der Waals surface area contributed by atoms with E-state index in [1.807, 2.05) is 0 Å². The smallest absolute Gasteiger partial charge is 0.324 e. The van der Waals surface area contributed by atoms with Crippen molar-refractivity contribution in [1.29, 1.82) is 0 Å². The third kappa shape index (κ3) is 11.8. The van der Waals surface area contributed by atoms with Gasteiger partial charge in [-0.2, -0.15) is 0 Å². The predicted molar refractivity (Wildman–Crippen MR) is 78.3 cm³/mol. The zero-order valence-electron chi connectivity index (χ0n) is 11.2. The van der Waals surface area contributed by atoms with Crippen molar-refractivity contribution in [2.24, 2.45) is 0 Å².